The first-order valence-electron chi connectivity index (χ1n) is 8.99. The second-order valence-corrected chi connectivity index (χ2v) is 7.60. The van der Waals surface area contributed by atoms with Crippen LogP contribution in [0.25, 0.3) is 21.3 Å². The fraction of sp³-hybridized carbons (Fsp3) is 0.350. The van der Waals surface area contributed by atoms with Crippen LogP contribution in [0.5, 0.6) is 0 Å². The number of fused-ring (bicyclic) bond motifs is 1. The Kier molecular flexibility index (Phi) is 5.05. The smallest absolute Gasteiger partial charge is 0.242 e. The van der Waals surface area contributed by atoms with Crippen molar-refractivity contribution in [2.75, 3.05) is 44.8 Å². The maximum atomic E-state index is 12.6. The SMILES string of the molecule is Cc1ccc(-c2csc3ncnc(N(C)CC(=O)N4CCOCC4)c23)cc1. The molecule has 0 saturated carbocycles. The molecule has 0 aliphatic carbocycles. The molecule has 1 amide bonds. The second kappa shape index (κ2) is 7.62. The molecule has 3 aromatic rings. The zero-order valence-corrected chi connectivity index (χ0v) is 16.3. The Morgan fingerprint density at radius 1 is 1.22 bits per heavy atom. The zero-order valence-electron chi connectivity index (χ0n) is 15.5. The maximum absolute atomic E-state index is 12.6. The number of carbonyl (C=O) groups is 1. The number of nitrogens with zero attached hydrogens (tertiary/aromatic N) is 4. The van der Waals surface area contributed by atoms with Gasteiger partial charge in [0.05, 0.1) is 25.1 Å². The molecule has 1 aliphatic rings. The lowest BCUT2D eigenvalue weighted by Gasteiger charge is -2.29. The van der Waals surface area contributed by atoms with E-state index in [1.54, 1.807) is 17.7 Å². The highest BCUT2D eigenvalue weighted by atomic mass is 32.1. The number of benzene rings is 1. The highest BCUT2D eigenvalue weighted by Crippen LogP contribution is 2.37. The van der Waals surface area contributed by atoms with E-state index in [2.05, 4.69) is 46.5 Å². The summed E-state index contributed by atoms with van der Waals surface area (Å²) in [6, 6.07) is 8.45. The van der Waals surface area contributed by atoms with Gasteiger partial charge in [0.2, 0.25) is 5.91 Å². The molecule has 0 bridgehead atoms. The Labute approximate surface area is 162 Å². The highest BCUT2D eigenvalue weighted by Gasteiger charge is 2.21. The lowest BCUT2D eigenvalue weighted by atomic mass is 10.0. The van der Waals surface area contributed by atoms with Crippen molar-refractivity contribution in [2.24, 2.45) is 0 Å². The summed E-state index contributed by atoms with van der Waals surface area (Å²) >= 11 is 1.60. The topological polar surface area (TPSA) is 58.6 Å². The van der Waals surface area contributed by atoms with E-state index in [9.17, 15) is 4.79 Å². The molecule has 2 aromatic heterocycles. The van der Waals surface area contributed by atoms with Gasteiger partial charge in [-0.2, -0.15) is 0 Å². The number of aryl methyl sites for hydroxylation is 1. The van der Waals surface area contributed by atoms with Crippen molar-refractivity contribution in [1.82, 2.24) is 14.9 Å². The van der Waals surface area contributed by atoms with Crippen molar-refractivity contribution in [3.05, 3.63) is 41.5 Å². The number of morpholine rings is 1. The summed E-state index contributed by atoms with van der Waals surface area (Å²) in [7, 11) is 1.91. The van der Waals surface area contributed by atoms with Crippen molar-refractivity contribution in [1.29, 1.82) is 0 Å². The number of rotatable bonds is 4. The van der Waals surface area contributed by atoms with Crippen LogP contribution in [0.2, 0.25) is 0 Å². The van der Waals surface area contributed by atoms with Gasteiger partial charge in [-0.25, -0.2) is 9.97 Å². The molecule has 1 aliphatic heterocycles. The van der Waals surface area contributed by atoms with E-state index in [1.807, 2.05) is 16.8 Å². The minimum atomic E-state index is 0.0969. The van der Waals surface area contributed by atoms with E-state index in [4.69, 9.17) is 4.74 Å². The number of anilines is 1. The van der Waals surface area contributed by atoms with Gasteiger partial charge in [-0.3, -0.25) is 4.79 Å². The van der Waals surface area contributed by atoms with Gasteiger partial charge in [0.25, 0.3) is 0 Å². The molecule has 27 heavy (non-hydrogen) atoms. The molecule has 140 valence electrons. The fourth-order valence-electron chi connectivity index (χ4n) is 3.28. The molecular weight excluding hydrogens is 360 g/mol. The van der Waals surface area contributed by atoms with Crippen molar-refractivity contribution in [2.45, 2.75) is 6.92 Å². The van der Waals surface area contributed by atoms with Crippen LogP contribution in [-0.2, 0) is 9.53 Å². The highest BCUT2D eigenvalue weighted by molar-refractivity contribution is 7.17. The first kappa shape index (κ1) is 17.9. The number of aromatic nitrogens is 2. The van der Waals surface area contributed by atoms with Crippen LogP contribution < -0.4 is 4.90 Å². The molecule has 4 rings (SSSR count). The van der Waals surface area contributed by atoms with Crippen LogP contribution in [0.3, 0.4) is 0 Å². The van der Waals surface area contributed by atoms with Gasteiger partial charge in [0.1, 0.15) is 17.0 Å². The molecule has 1 aromatic carbocycles. The molecule has 7 heteroatoms. The number of hydrogen-bond acceptors (Lipinski definition) is 6. The Hall–Kier alpha value is -2.51. The molecule has 0 spiro atoms. The predicted octanol–water partition coefficient (Wildman–Crippen LogP) is 2.96. The second-order valence-electron chi connectivity index (χ2n) is 6.74. The van der Waals surface area contributed by atoms with E-state index in [-0.39, 0.29) is 12.5 Å². The molecule has 0 atom stereocenters. The van der Waals surface area contributed by atoms with Crippen LogP contribution in [-0.4, -0.2) is 60.7 Å². The summed E-state index contributed by atoms with van der Waals surface area (Å²) in [6.45, 7) is 4.88. The lowest BCUT2D eigenvalue weighted by Crippen LogP contribution is -2.45. The molecule has 6 nitrogen and oxygen atoms in total. The Morgan fingerprint density at radius 2 is 1.96 bits per heavy atom. The fourth-order valence-corrected chi connectivity index (χ4v) is 4.20. The Bertz CT molecular complexity index is 948. The zero-order chi connectivity index (χ0) is 18.8. The van der Waals surface area contributed by atoms with Gasteiger partial charge in [-0.05, 0) is 12.5 Å². The van der Waals surface area contributed by atoms with Crippen LogP contribution in [0.15, 0.2) is 36.0 Å². The normalized spacial score (nSPS) is 14.5. The monoisotopic (exact) mass is 382 g/mol. The van der Waals surface area contributed by atoms with Gasteiger partial charge >= 0.3 is 0 Å². The van der Waals surface area contributed by atoms with Gasteiger partial charge in [0.15, 0.2) is 0 Å². The van der Waals surface area contributed by atoms with E-state index < -0.39 is 0 Å². The third-order valence-electron chi connectivity index (χ3n) is 4.81. The summed E-state index contributed by atoms with van der Waals surface area (Å²) in [4.78, 5) is 26.3. The largest absolute Gasteiger partial charge is 0.378 e. The number of thiophene rings is 1. The Balaban J connectivity index is 1.65. The first-order chi connectivity index (χ1) is 13.1. The standard InChI is InChI=1S/C20H22N4O2S/c1-14-3-5-15(6-4-14)16-12-27-20-18(16)19(21-13-22-20)23(2)11-17(25)24-7-9-26-10-8-24/h3-6,12-13H,7-11H2,1-2H3. The van der Waals surface area contributed by atoms with Crippen molar-refractivity contribution >= 4 is 33.3 Å². The van der Waals surface area contributed by atoms with Crippen LogP contribution in [0.1, 0.15) is 5.56 Å². The van der Waals surface area contributed by atoms with Gasteiger partial charge in [-0.15, -0.1) is 11.3 Å². The summed E-state index contributed by atoms with van der Waals surface area (Å²) < 4.78 is 5.33. The molecule has 0 unspecified atom stereocenters. The predicted molar refractivity (Wildman–Crippen MR) is 108 cm³/mol. The lowest BCUT2D eigenvalue weighted by molar-refractivity contribution is -0.133. The van der Waals surface area contributed by atoms with Crippen molar-refractivity contribution in [3.63, 3.8) is 0 Å². The molecular formula is C20H22N4O2S. The van der Waals surface area contributed by atoms with E-state index in [1.165, 1.54) is 5.56 Å². The average Bonchev–Trinajstić information content (AvgIpc) is 3.13. The van der Waals surface area contributed by atoms with Gasteiger partial charge in [0, 0.05) is 31.1 Å². The number of hydrogen-bond donors (Lipinski definition) is 0. The van der Waals surface area contributed by atoms with Crippen LogP contribution >= 0.6 is 11.3 Å². The maximum Gasteiger partial charge on any atom is 0.242 e. The summed E-state index contributed by atoms with van der Waals surface area (Å²) in [6.07, 6.45) is 1.57. The molecule has 0 N–H and O–H groups in total. The number of carbonyl (C=O) groups excluding carboxylic acids is 1. The van der Waals surface area contributed by atoms with E-state index >= 15 is 0 Å². The van der Waals surface area contributed by atoms with Crippen molar-refractivity contribution < 1.29 is 9.53 Å². The van der Waals surface area contributed by atoms with Gasteiger partial charge < -0.3 is 14.5 Å². The van der Waals surface area contributed by atoms with E-state index in [0.717, 1.165) is 27.2 Å². The third kappa shape index (κ3) is 3.65. The van der Waals surface area contributed by atoms with E-state index in [0.29, 0.717) is 26.3 Å². The number of ether oxygens (including phenoxy) is 1. The molecule has 3 heterocycles. The third-order valence-corrected chi connectivity index (χ3v) is 5.70. The average molecular weight is 382 g/mol. The minimum absolute atomic E-state index is 0.0969. The summed E-state index contributed by atoms with van der Waals surface area (Å²) in [5.41, 5.74) is 3.47. The van der Waals surface area contributed by atoms with Crippen molar-refractivity contribution in [3.8, 4) is 11.1 Å². The first-order valence-corrected chi connectivity index (χ1v) is 9.87. The number of likely N-dealkylation sites (N-methyl/N-ethyl adjacent to an activating group) is 1. The van der Waals surface area contributed by atoms with Crippen LogP contribution in [0.4, 0.5) is 5.82 Å². The Morgan fingerprint density at radius 3 is 2.70 bits per heavy atom. The molecule has 1 saturated heterocycles. The molecule has 0 radical (unpaired) electrons. The molecule has 1 fully saturated rings. The summed E-state index contributed by atoms with van der Waals surface area (Å²) in [5, 5.41) is 3.12. The minimum Gasteiger partial charge on any atom is -0.378 e. The number of amides is 1. The quantitative estimate of drug-likeness (QED) is 0.694. The van der Waals surface area contributed by atoms with Gasteiger partial charge in [-0.1, -0.05) is 29.8 Å². The summed E-state index contributed by atoms with van der Waals surface area (Å²) in [5.74, 6) is 0.887. The van der Waals surface area contributed by atoms with Crippen LogP contribution in [0, 0.1) is 6.92 Å².